The molecule has 0 amide bonds. The van der Waals surface area contributed by atoms with Crippen LogP contribution in [0.1, 0.15) is 30.4 Å². The Balaban J connectivity index is 1.76. The molecule has 4 aromatic rings. The average molecular weight is 378 g/mol. The lowest BCUT2D eigenvalue weighted by molar-refractivity contribution is 0.742. The zero-order valence-corrected chi connectivity index (χ0v) is 15.4. The summed E-state index contributed by atoms with van der Waals surface area (Å²) in [6.45, 7) is 2.65. The molecule has 4 heterocycles. The third-order valence-corrected chi connectivity index (χ3v) is 4.44. The first-order valence-electron chi connectivity index (χ1n) is 8.61. The Morgan fingerprint density at radius 1 is 1.19 bits per heavy atom. The van der Waals surface area contributed by atoms with Crippen LogP contribution in [-0.2, 0) is 13.0 Å². The van der Waals surface area contributed by atoms with E-state index in [0.717, 1.165) is 29.9 Å². The molecule has 4 aromatic heterocycles. The molecule has 8 heteroatoms. The van der Waals surface area contributed by atoms with Crippen LogP contribution in [0.3, 0.4) is 0 Å². The van der Waals surface area contributed by atoms with Gasteiger partial charge >= 0.3 is 0 Å². The number of halogens is 1. The number of nitrogens with zero attached hydrogens (tertiary/aromatic N) is 7. The van der Waals surface area contributed by atoms with E-state index in [-0.39, 0.29) is 0 Å². The Bertz CT molecular complexity index is 1150. The van der Waals surface area contributed by atoms with Gasteiger partial charge in [0.1, 0.15) is 22.6 Å². The van der Waals surface area contributed by atoms with Crippen LogP contribution in [0.2, 0.25) is 5.15 Å². The molecule has 4 rings (SSSR count). The Kier molecular flexibility index (Phi) is 4.57. The van der Waals surface area contributed by atoms with E-state index in [1.807, 2.05) is 27.4 Å². The van der Waals surface area contributed by atoms with Gasteiger partial charge in [-0.1, -0.05) is 31.0 Å². The maximum Gasteiger partial charge on any atom is 0.159 e. The number of pyridine rings is 1. The van der Waals surface area contributed by atoms with E-state index in [0.29, 0.717) is 28.9 Å². The highest BCUT2D eigenvalue weighted by atomic mass is 35.5. The number of aryl methyl sites for hydroxylation is 1. The molecule has 27 heavy (non-hydrogen) atoms. The van der Waals surface area contributed by atoms with Gasteiger partial charge in [-0.05, 0) is 30.7 Å². The zero-order valence-electron chi connectivity index (χ0n) is 14.7. The summed E-state index contributed by atoms with van der Waals surface area (Å²) in [6, 6.07) is 11.0. The Morgan fingerprint density at radius 2 is 2.07 bits per heavy atom. The molecule has 0 N–H and O–H groups in total. The van der Waals surface area contributed by atoms with Crippen molar-refractivity contribution in [1.29, 1.82) is 5.26 Å². The highest BCUT2D eigenvalue weighted by Crippen LogP contribution is 2.20. The molecule has 0 aliphatic rings. The number of imidazole rings is 2. The van der Waals surface area contributed by atoms with Crippen molar-refractivity contribution in [2.24, 2.45) is 0 Å². The summed E-state index contributed by atoms with van der Waals surface area (Å²) in [5.41, 5.74) is 3.74. The van der Waals surface area contributed by atoms with E-state index < -0.39 is 0 Å². The van der Waals surface area contributed by atoms with E-state index in [2.05, 4.69) is 28.1 Å². The fraction of sp³-hybridized carbons (Fsp3) is 0.211. The van der Waals surface area contributed by atoms with Crippen molar-refractivity contribution in [3.05, 3.63) is 65.0 Å². The fourth-order valence-corrected chi connectivity index (χ4v) is 3.21. The second kappa shape index (κ2) is 7.17. The molecule has 0 radical (unpaired) electrons. The minimum Gasteiger partial charge on any atom is -0.324 e. The summed E-state index contributed by atoms with van der Waals surface area (Å²) < 4.78 is 3.79. The molecule has 134 valence electrons. The Morgan fingerprint density at radius 3 is 2.89 bits per heavy atom. The smallest absolute Gasteiger partial charge is 0.159 e. The van der Waals surface area contributed by atoms with Crippen molar-refractivity contribution in [3.8, 4) is 17.6 Å². The summed E-state index contributed by atoms with van der Waals surface area (Å²) in [4.78, 5) is 13.5. The number of hydrogen-bond acceptors (Lipinski definition) is 5. The van der Waals surface area contributed by atoms with E-state index >= 15 is 0 Å². The second-order valence-electron chi connectivity index (χ2n) is 6.08. The molecule has 0 spiro atoms. The van der Waals surface area contributed by atoms with Crippen LogP contribution in [0, 0.1) is 11.3 Å². The molecule has 0 fully saturated rings. The lowest BCUT2D eigenvalue weighted by Gasteiger charge is -2.08. The largest absolute Gasteiger partial charge is 0.324 e. The summed E-state index contributed by atoms with van der Waals surface area (Å²) >= 11 is 6.07. The first-order chi connectivity index (χ1) is 13.2. The SMILES string of the molecule is CCCc1c(Cn2ccnc2-c2cccc(C#N)n2)nc2ccc(Cl)nn12. The number of aromatic nitrogens is 6. The van der Waals surface area contributed by atoms with Gasteiger partial charge in [-0.25, -0.2) is 19.5 Å². The van der Waals surface area contributed by atoms with Crippen molar-refractivity contribution in [2.45, 2.75) is 26.3 Å². The highest BCUT2D eigenvalue weighted by Gasteiger charge is 2.16. The summed E-state index contributed by atoms with van der Waals surface area (Å²) in [5, 5.41) is 13.9. The average Bonchev–Trinajstić information content (AvgIpc) is 3.27. The molecule has 0 saturated heterocycles. The Labute approximate surface area is 160 Å². The van der Waals surface area contributed by atoms with Crippen molar-refractivity contribution < 1.29 is 0 Å². The maximum absolute atomic E-state index is 9.09. The van der Waals surface area contributed by atoms with Crippen molar-refractivity contribution in [3.63, 3.8) is 0 Å². The van der Waals surface area contributed by atoms with E-state index in [9.17, 15) is 0 Å². The first-order valence-corrected chi connectivity index (χ1v) is 8.99. The van der Waals surface area contributed by atoms with Crippen molar-refractivity contribution in [1.82, 2.24) is 29.1 Å². The lowest BCUT2D eigenvalue weighted by Crippen LogP contribution is -2.06. The van der Waals surface area contributed by atoms with Gasteiger partial charge in [0.05, 0.1) is 17.9 Å². The van der Waals surface area contributed by atoms with Gasteiger partial charge in [-0.2, -0.15) is 10.4 Å². The van der Waals surface area contributed by atoms with E-state index in [4.69, 9.17) is 21.8 Å². The molecular formula is C19H16ClN7. The lowest BCUT2D eigenvalue weighted by atomic mass is 10.2. The molecule has 0 atom stereocenters. The normalized spacial score (nSPS) is 11.0. The monoisotopic (exact) mass is 377 g/mol. The van der Waals surface area contributed by atoms with Crippen LogP contribution >= 0.6 is 11.6 Å². The zero-order chi connectivity index (χ0) is 18.8. The summed E-state index contributed by atoms with van der Waals surface area (Å²) in [5.74, 6) is 0.692. The third kappa shape index (κ3) is 3.27. The Hall–Kier alpha value is -3.24. The highest BCUT2D eigenvalue weighted by molar-refractivity contribution is 6.29. The molecular weight excluding hydrogens is 362 g/mol. The van der Waals surface area contributed by atoms with Crippen LogP contribution in [0.5, 0.6) is 0 Å². The summed E-state index contributed by atoms with van der Waals surface area (Å²) in [7, 11) is 0. The topological polar surface area (TPSA) is 84.7 Å². The van der Waals surface area contributed by atoms with E-state index in [1.165, 1.54) is 0 Å². The molecule has 0 bridgehead atoms. The van der Waals surface area contributed by atoms with Gasteiger partial charge < -0.3 is 4.57 Å². The van der Waals surface area contributed by atoms with Gasteiger partial charge in [0.25, 0.3) is 0 Å². The van der Waals surface area contributed by atoms with Gasteiger partial charge in [-0.15, -0.1) is 0 Å². The van der Waals surface area contributed by atoms with Gasteiger partial charge in [0.2, 0.25) is 0 Å². The van der Waals surface area contributed by atoms with E-state index in [1.54, 1.807) is 24.4 Å². The second-order valence-corrected chi connectivity index (χ2v) is 6.47. The quantitative estimate of drug-likeness (QED) is 0.531. The third-order valence-electron chi connectivity index (χ3n) is 4.24. The van der Waals surface area contributed by atoms with Crippen LogP contribution < -0.4 is 0 Å². The van der Waals surface area contributed by atoms with Gasteiger partial charge in [-0.3, -0.25) is 0 Å². The predicted octanol–water partition coefficient (Wildman–Crippen LogP) is 3.51. The van der Waals surface area contributed by atoms with Crippen LogP contribution in [0.15, 0.2) is 42.7 Å². The predicted molar refractivity (Wildman–Crippen MR) is 101 cm³/mol. The number of fused-ring (bicyclic) bond motifs is 1. The van der Waals surface area contributed by atoms with Crippen LogP contribution in [-0.4, -0.2) is 29.1 Å². The molecule has 0 aliphatic carbocycles. The molecule has 0 unspecified atom stereocenters. The fourth-order valence-electron chi connectivity index (χ4n) is 3.07. The number of hydrogen-bond donors (Lipinski definition) is 0. The molecule has 7 nitrogen and oxygen atoms in total. The summed E-state index contributed by atoms with van der Waals surface area (Å²) in [6.07, 6.45) is 5.42. The van der Waals surface area contributed by atoms with Crippen molar-refractivity contribution in [2.75, 3.05) is 0 Å². The molecule has 0 aromatic carbocycles. The minimum absolute atomic E-state index is 0.361. The number of nitriles is 1. The standard InChI is InChI=1S/C19H16ClN7/c1-2-4-16-15(24-18-8-7-17(20)25-27(16)18)12-26-10-9-22-19(26)14-6-3-5-13(11-21)23-14/h3,5-10H,2,4,12H2,1H3. The van der Waals surface area contributed by atoms with Crippen LogP contribution in [0.4, 0.5) is 0 Å². The van der Waals surface area contributed by atoms with Gasteiger partial charge in [0, 0.05) is 12.4 Å². The van der Waals surface area contributed by atoms with Crippen LogP contribution in [0.25, 0.3) is 17.2 Å². The molecule has 0 aliphatic heterocycles. The van der Waals surface area contributed by atoms with Gasteiger partial charge in [0.15, 0.2) is 11.5 Å². The first kappa shape index (κ1) is 17.2. The minimum atomic E-state index is 0.361. The maximum atomic E-state index is 9.09. The van der Waals surface area contributed by atoms with Crippen molar-refractivity contribution >= 4 is 17.2 Å². The number of rotatable bonds is 5. The molecule has 0 saturated carbocycles.